The topological polar surface area (TPSA) is 36.1 Å². The number of halogens is 3. The third kappa shape index (κ3) is 6.02. The Morgan fingerprint density at radius 2 is 1.33 bits per heavy atom. The van der Waals surface area contributed by atoms with Crippen LogP contribution >= 0.6 is 47.0 Å². The molecule has 2 aromatic carbocycles. The van der Waals surface area contributed by atoms with E-state index in [9.17, 15) is 0 Å². The van der Waals surface area contributed by atoms with Crippen LogP contribution in [0.25, 0.3) is 0 Å². The molecule has 2 aromatic rings. The summed E-state index contributed by atoms with van der Waals surface area (Å²) in [6.07, 6.45) is -0.698. The fraction of sp³-hybridized carbons (Fsp3) is 0.235. The third-order valence-electron chi connectivity index (χ3n) is 3.27. The molecule has 1 unspecified atom stereocenters. The van der Waals surface area contributed by atoms with Crippen molar-refractivity contribution in [2.24, 2.45) is 0 Å². The number of hydrogen-bond donors (Lipinski definition) is 3. The summed E-state index contributed by atoms with van der Waals surface area (Å²) in [5, 5.41) is 9.56. The smallest absolute Gasteiger partial charge is 0.228 e. The Morgan fingerprint density at radius 1 is 0.875 bits per heavy atom. The SMILES string of the molecule is Cc1ccc(NC(=S)NC(Nc2ccc(C)cc2)C(Cl)(Cl)Cl)cc1. The number of aryl methyl sites for hydroxylation is 2. The summed E-state index contributed by atoms with van der Waals surface area (Å²) < 4.78 is -1.59. The van der Waals surface area contributed by atoms with E-state index in [1.165, 1.54) is 5.56 Å². The quantitative estimate of drug-likeness (QED) is 0.363. The van der Waals surface area contributed by atoms with E-state index in [1.807, 2.05) is 62.4 Å². The van der Waals surface area contributed by atoms with Gasteiger partial charge in [0.2, 0.25) is 3.79 Å². The maximum absolute atomic E-state index is 6.07. The molecule has 2 rings (SSSR count). The predicted molar refractivity (Wildman–Crippen MR) is 109 cm³/mol. The molecule has 0 spiro atoms. The molecule has 7 heteroatoms. The second-order valence-corrected chi connectivity index (χ2v) is 8.23. The van der Waals surface area contributed by atoms with Crippen LogP contribution in [0.5, 0.6) is 0 Å². The highest BCUT2D eigenvalue weighted by atomic mass is 35.6. The van der Waals surface area contributed by atoms with Crippen LogP contribution in [-0.4, -0.2) is 15.1 Å². The van der Waals surface area contributed by atoms with E-state index in [0.717, 1.165) is 16.9 Å². The van der Waals surface area contributed by atoms with Crippen LogP contribution in [0.15, 0.2) is 48.5 Å². The van der Waals surface area contributed by atoms with Gasteiger partial charge in [0, 0.05) is 11.4 Å². The lowest BCUT2D eigenvalue weighted by molar-refractivity contribution is 0.699. The number of benzene rings is 2. The van der Waals surface area contributed by atoms with Gasteiger partial charge in [-0.25, -0.2) is 0 Å². The largest absolute Gasteiger partial charge is 0.362 e. The van der Waals surface area contributed by atoms with Gasteiger partial charge in [-0.15, -0.1) is 0 Å². The zero-order valence-electron chi connectivity index (χ0n) is 13.2. The van der Waals surface area contributed by atoms with Crippen LogP contribution in [0.3, 0.4) is 0 Å². The van der Waals surface area contributed by atoms with Crippen LogP contribution in [0.2, 0.25) is 0 Å². The Labute approximate surface area is 162 Å². The first kappa shape index (κ1) is 19.1. The lowest BCUT2D eigenvalue weighted by Crippen LogP contribution is -2.50. The summed E-state index contributed by atoms with van der Waals surface area (Å²) in [7, 11) is 0. The van der Waals surface area contributed by atoms with E-state index in [4.69, 9.17) is 47.0 Å². The fourth-order valence-corrected chi connectivity index (χ4v) is 2.51. The molecule has 0 bridgehead atoms. The molecule has 3 N–H and O–H groups in total. The summed E-state index contributed by atoms with van der Waals surface area (Å²) in [6, 6.07) is 15.6. The molecule has 24 heavy (non-hydrogen) atoms. The zero-order valence-corrected chi connectivity index (χ0v) is 16.3. The van der Waals surface area contributed by atoms with Crippen molar-refractivity contribution >= 4 is 63.5 Å². The van der Waals surface area contributed by atoms with Crippen molar-refractivity contribution < 1.29 is 0 Å². The molecule has 0 aliphatic carbocycles. The van der Waals surface area contributed by atoms with Gasteiger partial charge in [0.05, 0.1) is 0 Å². The minimum Gasteiger partial charge on any atom is -0.362 e. The van der Waals surface area contributed by atoms with E-state index in [0.29, 0.717) is 5.11 Å². The Bertz CT molecular complexity index is 682. The summed E-state index contributed by atoms with van der Waals surface area (Å²) in [6.45, 7) is 4.03. The number of thiocarbonyl (C=S) groups is 1. The van der Waals surface area contributed by atoms with E-state index in [2.05, 4.69) is 16.0 Å². The summed E-state index contributed by atoms with van der Waals surface area (Å²) in [5.74, 6) is 0. The minimum atomic E-state index is -1.59. The van der Waals surface area contributed by atoms with Gasteiger partial charge in [-0.1, -0.05) is 70.2 Å². The molecule has 0 heterocycles. The zero-order chi connectivity index (χ0) is 17.7. The number of alkyl halides is 3. The van der Waals surface area contributed by atoms with Gasteiger partial charge in [0.25, 0.3) is 0 Å². The monoisotopic (exact) mass is 401 g/mol. The van der Waals surface area contributed by atoms with Gasteiger partial charge < -0.3 is 16.0 Å². The highest BCUT2D eigenvalue weighted by Crippen LogP contribution is 2.31. The highest BCUT2D eigenvalue weighted by molar-refractivity contribution is 7.80. The van der Waals surface area contributed by atoms with Gasteiger partial charge in [-0.2, -0.15) is 0 Å². The van der Waals surface area contributed by atoms with E-state index in [1.54, 1.807) is 0 Å². The maximum atomic E-state index is 6.07. The van der Waals surface area contributed by atoms with Crippen LogP contribution in [0.1, 0.15) is 11.1 Å². The number of rotatable bonds is 4. The van der Waals surface area contributed by atoms with Crippen molar-refractivity contribution in [3.63, 3.8) is 0 Å². The highest BCUT2D eigenvalue weighted by Gasteiger charge is 2.33. The molecule has 0 saturated carbocycles. The summed E-state index contributed by atoms with van der Waals surface area (Å²) in [5.41, 5.74) is 3.99. The molecular weight excluding hydrogens is 385 g/mol. The van der Waals surface area contributed by atoms with E-state index >= 15 is 0 Å². The minimum absolute atomic E-state index is 0.356. The second-order valence-electron chi connectivity index (χ2n) is 5.45. The van der Waals surface area contributed by atoms with Gasteiger partial charge in [-0.05, 0) is 50.3 Å². The number of hydrogen-bond acceptors (Lipinski definition) is 2. The van der Waals surface area contributed by atoms with Crippen LogP contribution in [-0.2, 0) is 0 Å². The second kappa shape index (κ2) is 8.26. The fourth-order valence-electron chi connectivity index (χ4n) is 1.95. The van der Waals surface area contributed by atoms with Crippen molar-refractivity contribution in [2.45, 2.75) is 23.8 Å². The van der Waals surface area contributed by atoms with E-state index in [-0.39, 0.29) is 0 Å². The lowest BCUT2D eigenvalue weighted by atomic mass is 10.2. The summed E-state index contributed by atoms with van der Waals surface area (Å²) in [4.78, 5) is 0. The average molecular weight is 403 g/mol. The van der Waals surface area contributed by atoms with E-state index < -0.39 is 9.96 Å². The molecule has 1 atom stereocenters. The van der Waals surface area contributed by atoms with Crippen molar-refractivity contribution in [3.8, 4) is 0 Å². The van der Waals surface area contributed by atoms with Gasteiger partial charge in [0.15, 0.2) is 5.11 Å². The Kier molecular flexibility index (Phi) is 6.58. The molecule has 0 aliphatic rings. The predicted octanol–water partition coefficient (Wildman–Crippen LogP) is 5.40. The van der Waals surface area contributed by atoms with Crippen LogP contribution in [0.4, 0.5) is 11.4 Å². The van der Waals surface area contributed by atoms with Gasteiger partial charge in [-0.3, -0.25) is 0 Å². The Balaban J connectivity index is 2.04. The van der Waals surface area contributed by atoms with Crippen molar-refractivity contribution in [2.75, 3.05) is 10.6 Å². The molecule has 0 saturated heterocycles. The Morgan fingerprint density at radius 3 is 1.79 bits per heavy atom. The molecule has 0 amide bonds. The van der Waals surface area contributed by atoms with Gasteiger partial charge >= 0.3 is 0 Å². The summed E-state index contributed by atoms with van der Waals surface area (Å²) >= 11 is 23.5. The third-order valence-corrected chi connectivity index (χ3v) is 4.15. The molecule has 0 radical (unpaired) electrons. The number of anilines is 2. The van der Waals surface area contributed by atoms with Crippen molar-refractivity contribution in [1.29, 1.82) is 0 Å². The maximum Gasteiger partial charge on any atom is 0.228 e. The van der Waals surface area contributed by atoms with Gasteiger partial charge in [0.1, 0.15) is 6.17 Å². The first-order valence-corrected chi connectivity index (χ1v) is 8.82. The molecular formula is C17H18Cl3N3S. The average Bonchev–Trinajstić information content (AvgIpc) is 2.50. The molecule has 0 aromatic heterocycles. The first-order valence-electron chi connectivity index (χ1n) is 7.28. The normalized spacial score (nSPS) is 12.4. The van der Waals surface area contributed by atoms with Crippen molar-refractivity contribution in [1.82, 2.24) is 5.32 Å². The van der Waals surface area contributed by atoms with Crippen LogP contribution in [0, 0.1) is 13.8 Å². The molecule has 0 aliphatic heterocycles. The number of nitrogens with one attached hydrogen (secondary N) is 3. The van der Waals surface area contributed by atoms with Crippen molar-refractivity contribution in [3.05, 3.63) is 59.7 Å². The molecule has 3 nitrogen and oxygen atoms in total. The Hall–Kier alpha value is -1.20. The van der Waals surface area contributed by atoms with Crippen LogP contribution < -0.4 is 16.0 Å². The molecule has 128 valence electrons. The first-order chi connectivity index (χ1) is 11.2. The lowest BCUT2D eigenvalue weighted by Gasteiger charge is -2.28. The molecule has 0 fully saturated rings. The standard InChI is InChI=1S/C17H18Cl3N3S/c1-11-3-7-13(8-4-11)21-15(17(18,19)20)23-16(24)22-14-9-5-12(2)6-10-14/h3-10,15,21H,1-2H3,(H2,22,23,24).